The molecule has 4 N–H and O–H groups in total. The average molecular weight is 1580 g/mol. The minimum atomic E-state index is -0.271. The molecule has 0 aliphatic rings. The molecular weight excluding hydrogens is 1500 g/mol. The normalized spacial score (nSPS) is 10.8. The largest absolute Gasteiger partial charge is 0.497 e. The summed E-state index contributed by atoms with van der Waals surface area (Å²) in [4.78, 5) is 101. The summed E-state index contributed by atoms with van der Waals surface area (Å²) in [5.41, 5.74) is 21.7. The molecule has 0 aliphatic heterocycles. The van der Waals surface area contributed by atoms with Crippen molar-refractivity contribution in [2.24, 2.45) is 0 Å². The van der Waals surface area contributed by atoms with E-state index in [-0.39, 0.29) is 23.6 Å². The van der Waals surface area contributed by atoms with Gasteiger partial charge in [0, 0.05) is 83.3 Å². The van der Waals surface area contributed by atoms with Gasteiger partial charge in [-0.3, -0.25) is 57.4 Å². The number of nitrogens with zero attached hydrogens (tertiary/aromatic N) is 16. The van der Waals surface area contributed by atoms with Crippen LogP contribution in [0.2, 0.25) is 10.0 Å². The van der Waals surface area contributed by atoms with Crippen LogP contribution in [0.3, 0.4) is 0 Å². The molecule has 16 rings (SSSR count). The van der Waals surface area contributed by atoms with Crippen molar-refractivity contribution >= 4 is 114 Å². The summed E-state index contributed by atoms with van der Waals surface area (Å²) in [6, 6.07) is 47.8. The Morgan fingerprint density at radius 3 is 1.09 bits per heavy atom. The predicted octanol–water partition coefficient (Wildman–Crippen LogP) is 16.7. The number of aromatic nitrogens is 16. The zero-order chi connectivity index (χ0) is 81.4. The van der Waals surface area contributed by atoms with Crippen molar-refractivity contribution in [3.63, 3.8) is 0 Å². The summed E-state index contributed by atoms with van der Waals surface area (Å²) < 4.78 is 12.7. The number of benzene rings is 8. The van der Waals surface area contributed by atoms with E-state index >= 15 is 0 Å². The molecule has 8 aromatic carbocycles. The van der Waals surface area contributed by atoms with Crippen molar-refractivity contribution in [3.8, 4) is 29.0 Å². The maximum Gasteiger partial charge on any atom is 0.247 e. The summed E-state index contributed by atoms with van der Waals surface area (Å²) in [7, 11) is 1.65. The van der Waals surface area contributed by atoms with Crippen LogP contribution in [0.1, 0.15) is 67.3 Å². The van der Waals surface area contributed by atoms with E-state index in [1.807, 2.05) is 147 Å². The van der Waals surface area contributed by atoms with E-state index in [9.17, 15) is 19.2 Å². The number of imidazole rings is 4. The van der Waals surface area contributed by atoms with Gasteiger partial charge in [-0.1, -0.05) is 98.0 Å². The lowest BCUT2D eigenvalue weighted by Crippen LogP contribution is -2.07. The Labute approximate surface area is 677 Å². The lowest BCUT2D eigenvalue weighted by atomic mass is 9.99. The van der Waals surface area contributed by atoms with Crippen molar-refractivity contribution in [2.75, 3.05) is 28.4 Å². The van der Waals surface area contributed by atoms with Gasteiger partial charge < -0.3 is 26.0 Å². The molecule has 0 aliphatic carbocycles. The second kappa shape index (κ2) is 36.6. The molecule has 0 saturated carbocycles. The highest BCUT2D eigenvalue weighted by molar-refractivity contribution is 6.31. The summed E-state index contributed by atoms with van der Waals surface area (Å²) in [6.07, 6.45) is 28.1. The number of anilines is 4. The summed E-state index contributed by atoms with van der Waals surface area (Å²) in [5, 5.41) is 12.5. The molecule has 4 amide bonds. The van der Waals surface area contributed by atoms with Gasteiger partial charge in [-0.25, -0.2) is 39.9 Å². The summed E-state index contributed by atoms with van der Waals surface area (Å²) in [6.45, 7) is 22.2. The van der Waals surface area contributed by atoms with Crippen molar-refractivity contribution in [1.29, 1.82) is 0 Å². The smallest absolute Gasteiger partial charge is 0.247 e. The Hall–Kier alpha value is -14.8. The highest BCUT2D eigenvalue weighted by atomic mass is 35.5. The van der Waals surface area contributed by atoms with E-state index in [0.717, 1.165) is 100 Å². The van der Waals surface area contributed by atoms with Crippen LogP contribution >= 0.6 is 23.2 Å². The number of amides is 4. The van der Waals surface area contributed by atoms with Gasteiger partial charge in [-0.15, -0.1) is 0 Å². The monoisotopic (exact) mass is 1570 g/mol. The topological polar surface area (TPSA) is 300 Å². The zero-order valence-electron chi connectivity index (χ0n) is 63.8. The van der Waals surface area contributed by atoms with E-state index < -0.39 is 0 Å². The minimum absolute atomic E-state index is 0.259. The first-order chi connectivity index (χ1) is 56.3. The first-order valence-electron chi connectivity index (χ1n) is 36.3. The van der Waals surface area contributed by atoms with E-state index in [2.05, 4.69) is 120 Å². The highest BCUT2D eigenvalue weighted by Gasteiger charge is 2.17. The maximum atomic E-state index is 11.6. The second-order valence-electron chi connectivity index (χ2n) is 26.6. The van der Waals surface area contributed by atoms with E-state index in [1.54, 1.807) is 100 Å². The Balaban J connectivity index is 0.000000135. The lowest BCUT2D eigenvalue weighted by Gasteiger charge is -2.10. The molecule has 0 fully saturated rings. The molecule has 0 radical (unpaired) electrons. The highest BCUT2D eigenvalue weighted by Crippen LogP contribution is 2.29. The average Bonchev–Trinajstić information content (AvgIpc) is 1.67. The molecule has 25 nitrogen and oxygen atoms in total. The standard InChI is InChI=1S/C23H21N5O.2C22H18ClN5O.C22H19N5O2/c1-4-23(29)27-17-8-9-20-21(11-17)28(14-25-20)22-13-24-12-18(26-22)10-19-15(2)6-5-7-16(19)3;1-3-22(29)27-17-6-7-19-20(10-17)28(13-25-19)21-12-24-11-18(26-21)9-15-8-16(23)5-4-14(15)2;1-3-22(29)27-15-7-8-19-20(10-15)28(13-25-19)21-12-24-11-16(26-21)9-17-14(2)5-4-6-18(17)23;1-3-22(28)26-16-7-8-19-20(11-16)27(14-24-19)21-13-23-12-17(25-21)9-15-5-4-6-18(10-15)29-2/h4-9,11-14H,1,10H2,2-3H3,(H,27,29);2*3-8,10-13H,1,9H2,2H3,(H,27,29);3-8,10-14H,1,9H2,2H3,(H,26,28). The molecule has 0 unspecified atom stereocenters. The fraction of sp³-hybridized carbons (Fsp3) is 0.101. The Kier molecular flexibility index (Phi) is 25.0. The first kappa shape index (κ1) is 79.3. The predicted molar refractivity (Wildman–Crippen MR) is 454 cm³/mol. The van der Waals surface area contributed by atoms with Crippen LogP contribution in [-0.2, 0) is 44.9 Å². The van der Waals surface area contributed by atoms with Gasteiger partial charge in [-0.05, 0) is 200 Å². The molecule has 16 aromatic rings. The molecule has 8 heterocycles. The van der Waals surface area contributed by atoms with Crippen LogP contribution in [0.4, 0.5) is 22.7 Å². The van der Waals surface area contributed by atoms with Crippen molar-refractivity contribution in [3.05, 3.63) is 354 Å². The van der Waals surface area contributed by atoms with Crippen LogP contribution in [0, 0.1) is 27.7 Å². The lowest BCUT2D eigenvalue weighted by molar-refractivity contribution is -0.112. The maximum absolute atomic E-state index is 11.6. The quantitative estimate of drug-likeness (QED) is 0.0486. The number of carbonyl (C=O) groups excluding carboxylic acids is 4. The molecule has 0 spiro atoms. The van der Waals surface area contributed by atoms with Gasteiger partial charge in [0.25, 0.3) is 0 Å². The number of carbonyl (C=O) groups is 4. The number of aryl methyl sites for hydroxylation is 4. The number of halogens is 2. The third-order valence-corrected chi connectivity index (χ3v) is 19.2. The van der Waals surface area contributed by atoms with E-state index in [1.165, 1.54) is 41.0 Å². The molecular formula is C89H76Cl2N20O5. The van der Waals surface area contributed by atoms with Crippen LogP contribution in [0.25, 0.3) is 67.4 Å². The number of rotatable bonds is 21. The second-order valence-corrected chi connectivity index (χ2v) is 27.4. The molecule has 0 saturated heterocycles. The van der Waals surface area contributed by atoms with Crippen molar-refractivity contribution in [1.82, 2.24) is 78.1 Å². The minimum Gasteiger partial charge on any atom is -0.497 e. The third-order valence-electron chi connectivity index (χ3n) is 18.6. The number of hydrogen-bond acceptors (Lipinski definition) is 17. The number of nitrogens with one attached hydrogen (secondary N) is 4. The van der Waals surface area contributed by atoms with Crippen LogP contribution < -0.4 is 26.0 Å². The first-order valence-corrected chi connectivity index (χ1v) is 37.1. The summed E-state index contributed by atoms with van der Waals surface area (Å²) >= 11 is 12.5. The van der Waals surface area contributed by atoms with Gasteiger partial charge in [0.2, 0.25) is 23.6 Å². The summed E-state index contributed by atoms with van der Waals surface area (Å²) in [5.74, 6) is 2.37. The molecule has 0 atom stereocenters. The van der Waals surface area contributed by atoms with Crippen molar-refractivity contribution in [2.45, 2.75) is 53.4 Å². The number of ether oxygens (including phenoxy) is 1. The Morgan fingerprint density at radius 1 is 0.379 bits per heavy atom. The van der Waals surface area contributed by atoms with Gasteiger partial charge in [0.15, 0.2) is 23.3 Å². The molecule has 27 heteroatoms. The van der Waals surface area contributed by atoms with Crippen LogP contribution in [0.15, 0.2) is 277 Å². The van der Waals surface area contributed by atoms with Gasteiger partial charge in [0.05, 0.1) is 98.8 Å². The number of hydrogen-bond donors (Lipinski definition) is 4. The van der Waals surface area contributed by atoms with Gasteiger partial charge in [-0.2, -0.15) is 0 Å². The van der Waals surface area contributed by atoms with E-state index in [0.29, 0.717) is 81.7 Å². The zero-order valence-corrected chi connectivity index (χ0v) is 65.3. The fourth-order valence-electron chi connectivity index (χ4n) is 12.6. The van der Waals surface area contributed by atoms with Crippen LogP contribution in [-0.4, -0.2) is 109 Å². The molecule has 8 aromatic heterocycles. The Bertz CT molecular complexity index is 6190. The SMILES string of the molecule is C=CC(=O)Nc1ccc2ncn(-c3cncc(Cc4c(C)cccc4C)n3)c2c1.C=CC(=O)Nc1ccc2ncn(-c3cncc(Cc4c(C)cccc4Cl)n3)c2c1.C=CC(=O)Nc1ccc2ncn(-c3cncc(Cc4cc(Cl)ccc4C)n3)c2c1.C=CC(=O)Nc1ccc2ncn(-c3cncc(Cc4cccc(OC)c4)n3)c2c1. The molecule has 0 bridgehead atoms. The third kappa shape index (κ3) is 19.4. The van der Waals surface area contributed by atoms with Gasteiger partial charge >= 0.3 is 0 Å². The van der Waals surface area contributed by atoms with E-state index in [4.69, 9.17) is 47.9 Å². The Morgan fingerprint density at radius 2 is 0.724 bits per heavy atom. The molecule has 116 heavy (non-hydrogen) atoms. The van der Waals surface area contributed by atoms with Crippen LogP contribution in [0.5, 0.6) is 5.75 Å². The number of fused-ring (bicyclic) bond motifs is 4. The van der Waals surface area contributed by atoms with Crippen molar-refractivity contribution < 1.29 is 23.9 Å². The number of methoxy groups -OCH3 is 1. The van der Waals surface area contributed by atoms with Gasteiger partial charge in [0.1, 0.15) is 31.1 Å². The molecule has 576 valence electrons. The fourth-order valence-corrected chi connectivity index (χ4v) is 13.1.